The molecule has 1 aliphatic carbocycles. The minimum Gasteiger partial charge on any atom is -0.493 e. The number of nitrogens with one attached hydrogen (secondary N) is 1. The molecule has 0 amide bonds. The predicted molar refractivity (Wildman–Crippen MR) is 138 cm³/mol. The normalized spacial score (nSPS) is 20.7. The van der Waals surface area contributed by atoms with Crippen molar-refractivity contribution in [2.75, 3.05) is 12.4 Å². The maximum atomic E-state index is 6.20. The highest BCUT2D eigenvalue weighted by Gasteiger charge is 2.39. The second kappa shape index (κ2) is 8.90. The van der Waals surface area contributed by atoms with Gasteiger partial charge in [0.25, 0.3) is 0 Å². The van der Waals surface area contributed by atoms with Crippen LogP contribution in [-0.4, -0.2) is 7.11 Å². The number of aryl methyl sites for hydroxylation is 2. The Morgan fingerprint density at radius 3 is 2.58 bits per heavy atom. The van der Waals surface area contributed by atoms with Crippen LogP contribution in [-0.2, 0) is 6.61 Å². The lowest BCUT2D eigenvalue weighted by Gasteiger charge is -2.39. The van der Waals surface area contributed by atoms with E-state index in [-0.39, 0.29) is 6.04 Å². The second-order valence-corrected chi connectivity index (χ2v) is 10.1. The average molecular weight is 504 g/mol. The first-order chi connectivity index (χ1) is 16.0. The van der Waals surface area contributed by atoms with Gasteiger partial charge in [-0.15, -0.1) is 0 Å². The summed E-state index contributed by atoms with van der Waals surface area (Å²) >= 11 is 3.77. The summed E-state index contributed by atoms with van der Waals surface area (Å²) in [6.07, 6.45) is 5.79. The van der Waals surface area contributed by atoms with Gasteiger partial charge < -0.3 is 14.8 Å². The van der Waals surface area contributed by atoms with E-state index in [0.29, 0.717) is 18.4 Å². The molecule has 1 aliphatic heterocycles. The molecule has 0 fully saturated rings. The van der Waals surface area contributed by atoms with Crippen LogP contribution in [0.15, 0.2) is 65.2 Å². The van der Waals surface area contributed by atoms with Gasteiger partial charge in [-0.05, 0) is 89.0 Å². The lowest BCUT2D eigenvalue weighted by molar-refractivity contribution is 0.282. The molecule has 1 heterocycles. The third-order valence-corrected chi connectivity index (χ3v) is 7.77. The van der Waals surface area contributed by atoms with Gasteiger partial charge in [-0.2, -0.15) is 0 Å². The lowest BCUT2D eigenvalue weighted by atomic mass is 9.76. The highest BCUT2D eigenvalue weighted by molar-refractivity contribution is 9.10. The summed E-state index contributed by atoms with van der Waals surface area (Å²) in [6, 6.07) is 17.5. The molecule has 170 valence electrons. The molecule has 5 rings (SSSR count). The monoisotopic (exact) mass is 503 g/mol. The molecule has 3 aromatic rings. The van der Waals surface area contributed by atoms with E-state index in [1.807, 2.05) is 0 Å². The average Bonchev–Trinajstić information content (AvgIpc) is 3.31. The van der Waals surface area contributed by atoms with Crippen molar-refractivity contribution in [2.45, 2.75) is 45.8 Å². The Morgan fingerprint density at radius 2 is 1.82 bits per heavy atom. The zero-order valence-electron chi connectivity index (χ0n) is 19.6. The van der Waals surface area contributed by atoms with Crippen LogP contribution in [0.25, 0.3) is 0 Å². The molecular weight excluding hydrogens is 474 g/mol. The maximum Gasteiger partial charge on any atom is 0.175 e. The molecule has 3 atom stereocenters. The molecule has 0 saturated carbocycles. The number of anilines is 1. The first-order valence-corrected chi connectivity index (χ1v) is 12.3. The molecule has 33 heavy (non-hydrogen) atoms. The number of hydrogen-bond donors (Lipinski definition) is 1. The van der Waals surface area contributed by atoms with E-state index in [4.69, 9.17) is 9.47 Å². The van der Waals surface area contributed by atoms with Gasteiger partial charge in [-0.25, -0.2) is 0 Å². The minimum atomic E-state index is 0.203. The Hall–Kier alpha value is -2.72. The summed E-state index contributed by atoms with van der Waals surface area (Å²) in [7, 11) is 1.71. The highest BCUT2D eigenvalue weighted by atomic mass is 79.9. The number of hydrogen-bond acceptors (Lipinski definition) is 3. The SMILES string of the molecule is COc1cc([C@@H]2Nc3c(ccc(C)c3C)[C@@H]3C=CC[C@@H]32)cc(Br)c1OCc1ccc(C)cc1. The minimum absolute atomic E-state index is 0.203. The third kappa shape index (κ3) is 4.06. The number of ether oxygens (including phenoxy) is 2. The highest BCUT2D eigenvalue weighted by Crippen LogP contribution is 2.52. The van der Waals surface area contributed by atoms with Crippen molar-refractivity contribution in [1.29, 1.82) is 0 Å². The number of allylic oxidation sites excluding steroid dienone is 2. The Balaban J connectivity index is 1.47. The number of fused-ring (bicyclic) bond motifs is 3. The van der Waals surface area contributed by atoms with Crippen molar-refractivity contribution in [3.05, 3.63) is 98.5 Å². The summed E-state index contributed by atoms with van der Waals surface area (Å²) in [5.41, 5.74) is 8.94. The summed E-state index contributed by atoms with van der Waals surface area (Å²) < 4.78 is 12.9. The van der Waals surface area contributed by atoms with Gasteiger partial charge in [-0.3, -0.25) is 0 Å². The first-order valence-electron chi connectivity index (χ1n) is 11.6. The van der Waals surface area contributed by atoms with E-state index < -0.39 is 0 Å². The van der Waals surface area contributed by atoms with Crippen LogP contribution >= 0.6 is 15.9 Å². The fourth-order valence-corrected chi connectivity index (χ4v) is 5.72. The Morgan fingerprint density at radius 1 is 1.03 bits per heavy atom. The van der Waals surface area contributed by atoms with E-state index in [2.05, 4.69) is 103 Å². The molecule has 0 unspecified atom stereocenters. The second-order valence-electron chi connectivity index (χ2n) is 9.26. The van der Waals surface area contributed by atoms with Crippen molar-refractivity contribution >= 4 is 21.6 Å². The van der Waals surface area contributed by atoms with Gasteiger partial charge in [0.1, 0.15) is 6.61 Å². The van der Waals surface area contributed by atoms with Crippen molar-refractivity contribution < 1.29 is 9.47 Å². The molecule has 3 nitrogen and oxygen atoms in total. The van der Waals surface area contributed by atoms with Crippen LogP contribution in [0.4, 0.5) is 5.69 Å². The molecule has 4 heteroatoms. The Labute approximate surface area is 205 Å². The largest absolute Gasteiger partial charge is 0.493 e. The number of benzene rings is 3. The standard InChI is InChI=1S/C29H30BrNO2/c1-17-8-11-20(12-9-17)16-33-29-25(30)14-21(15-26(29)32-4)28-23-7-5-6-22(23)24-13-10-18(2)19(3)27(24)31-28/h5-6,8-15,22-23,28,31H,7,16H2,1-4H3/t22-,23+,28+/m1/s1. The molecule has 3 aromatic carbocycles. The number of halogens is 1. The fraction of sp³-hybridized carbons (Fsp3) is 0.310. The zero-order valence-corrected chi connectivity index (χ0v) is 21.2. The fourth-order valence-electron chi connectivity index (χ4n) is 5.15. The van der Waals surface area contributed by atoms with Gasteiger partial charge in [0, 0.05) is 11.6 Å². The lowest BCUT2D eigenvalue weighted by Crippen LogP contribution is -2.29. The third-order valence-electron chi connectivity index (χ3n) is 7.18. The van der Waals surface area contributed by atoms with Crippen LogP contribution in [0.5, 0.6) is 11.5 Å². The zero-order chi connectivity index (χ0) is 23.1. The topological polar surface area (TPSA) is 30.5 Å². The first kappa shape index (κ1) is 22.1. The molecular formula is C29H30BrNO2. The van der Waals surface area contributed by atoms with E-state index >= 15 is 0 Å². The van der Waals surface area contributed by atoms with E-state index in [0.717, 1.165) is 28.0 Å². The summed E-state index contributed by atoms with van der Waals surface area (Å²) in [4.78, 5) is 0. The smallest absolute Gasteiger partial charge is 0.175 e. The molecule has 1 N–H and O–H groups in total. The summed E-state index contributed by atoms with van der Waals surface area (Å²) in [5.74, 6) is 2.41. The van der Waals surface area contributed by atoms with Crippen LogP contribution in [0, 0.1) is 26.7 Å². The summed E-state index contributed by atoms with van der Waals surface area (Å²) in [6.45, 7) is 6.99. The predicted octanol–water partition coefficient (Wildman–Crippen LogP) is 7.79. The Kier molecular flexibility index (Phi) is 5.96. The van der Waals surface area contributed by atoms with Gasteiger partial charge in [-0.1, -0.05) is 54.1 Å². The van der Waals surface area contributed by atoms with E-state index in [9.17, 15) is 0 Å². The van der Waals surface area contributed by atoms with Crippen molar-refractivity contribution in [3.63, 3.8) is 0 Å². The molecule has 0 saturated heterocycles. The Bertz CT molecular complexity index is 1220. The van der Waals surface area contributed by atoms with E-state index in [1.54, 1.807) is 7.11 Å². The van der Waals surface area contributed by atoms with Crippen LogP contribution < -0.4 is 14.8 Å². The maximum absolute atomic E-state index is 6.20. The van der Waals surface area contributed by atoms with Gasteiger partial charge in [0.15, 0.2) is 11.5 Å². The van der Waals surface area contributed by atoms with Crippen molar-refractivity contribution in [3.8, 4) is 11.5 Å². The molecule has 0 spiro atoms. The van der Waals surface area contributed by atoms with Gasteiger partial charge >= 0.3 is 0 Å². The molecule has 0 radical (unpaired) electrons. The van der Waals surface area contributed by atoms with Crippen LogP contribution in [0.1, 0.15) is 51.8 Å². The van der Waals surface area contributed by atoms with Gasteiger partial charge in [0.2, 0.25) is 0 Å². The van der Waals surface area contributed by atoms with Gasteiger partial charge in [0.05, 0.1) is 17.6 Å². The molecule has 0 bridgehead atoms. The van der Waals surface area contributed by atoms with Crippen molar-refractivity contribution in [1.82, 2.24) is 0 Å². The van der Waals surface area contributed by atoms with Crippen LogP contribution in [0.2, 0.25) is 0 Å². The molecule has 2 aliphatic rings. The van der Waals surface area contributed by atoms with Crippen molar-refractivity contribution in [2.24, 2.45) is 5.92 Å². The van der Waals surface area contributed by atoms with E-state index in [1.165, 1.54) is 33.5 Å². The molecule has 0 aromatic heterocycles. The quantitative estimate of drug-likeness (QED) is 0.360. The van der Waals surface area contributed by atoms with Crippen LogP contribution in [0.3, 0.4) is 0 Å². The number of methoxy groups -OCH3 is 1. The number of rotatable bonds is 5. The summed E-state index contributed by atoms with van der Waals surface area (Å²) in [5, 5.41) is 3.90.